The van der Waals surface area contributed by atoms with Crippen LogP contribution in [-0.2, 0) is 0 Å². The summed E-state index contributed by atoms with van der Waals surface area (Å²) in [4.78, 5) is 24.0. The second kappa shape index (κ2) is 9.02. The molecule has 7 heteroatoms. The molecule has 2 aromatic rings. The number of urea groups is 1. The standard InChI is InChI=1S/C23H30BrN5O/c1-14(2)26-23(30)25-12-17-10-16-8-9-29(17)13-19(16)22-11-21(27-15(3)28-22)18-6-4-5-7-20(18)24/h4-7,11,14,16-17,19H,8-10,12-13H2,1-3H3,(H2,25,26,30)/t16-,17+,19-/m0/s1. The molecule has 2 bridgehead atoms. The van der Waals surface area contributed by atoms with Gasteiger partial charge in [0, 0.05) is 46.8 Å². The molecule has 160 valence electrons. The lowest BCUT2D eigenvalue weighted by molar-refractivity contribution is 0.0304. The van der Waals surface area contributed by atoms with E-state index >= 15 is 0 Å². The normalized spacial score (nSPS) is 25.4. The zero-order valence-corrected chi connectivity index (χ0v) is 19.4. The Morgan fingerprint density at radius 2 is 2.10 bits per heavy atom. The number of hydrogen-bond acceptors (Lipinski definition) is 4. The predicted octanol–water partition coefficient (Wildman–Crippen LogP) is 4.10. The molecule has 5 rings (SSSR count). The molecule has 1 aromatic heterocycles. The molecule has 3 saturated heterocycles. The quantitative estimate of drug-likeness (QED) is 0.688. The Bertz CT molecular complexity index is 918. The number of aromatic nitrogens is 2. The fraction of sp³-hybridized carbons (Fsp3) is 0.522. The molecule has 1 unspecified atom stereocenters. The highest BCUT2D eigenvalue weighted by Crippen LogP contribution is 2.42. The van der Waals surface area contributed by atoms with Crippen molar-refractivity contribution in [2.24, 2.45) is 5.92 Å². The zero-order valence-electron chi connectivity index (χ0n) is 17.9. The molecule has 0 spiro atoms. The van der Waals surface area contributed by atoms with Crippen LogP contribution in [0.25, 0.3) is 11.3 Å². The highest BCUT2D eigenvalue weighted by molar-refractivity contribution is 9.10. The minimum Gasteiger partial charge on any atom is -0.337 e. The molecule has 2 amide bonds. The minimum absolute atomic E-state index is 0.0753. The number of nitrogens with zero attached hydrogens (tertiary/aromatic N) is 3. The number of halogens is 1. The Balaban J connectivity index is 1.48. The first-order valence-electron chi connectivity index (χ1n) is 10.8. The first-order valence-corrected chi connectivity index (χ1v) is 11.6. The van der Waals surface area contributed by atoms with Gasteiger partial charge in [-0.05, 0) is 58.2 Å². The van der Waals surface area contributed by atoms with Gasteiger partial charge < -0.3 is 10.6 Å². The van der Waals surface area contributed by atoms with Crippen molar-refractivity contribution in [3.63, 3.8) is 0 Å². The number of rotatable bonds is 5. The fourth-order valence-corrected chi connectivity index (χ4v) is 5.28. The van der Waals surface area contributed by atoms with Gasteiger partial charge in [-0.3, -0.25) is 4.90 Å². The summed E-state index contributed by atoms with van der Waals surface area (Å²) in [6, 6.07) is 10.9. The van der Waals surface area contributed by atoms with Gasteiger partial charge in [-0.15, -0.1) is 0 Å². The van der Waals surface area contributed by atoms with Crippen LogP contribution in [-0.4, -0.2) is 52.6 Å². The number of benzene rings is 1. The highest BCUT2D eigenvalue weighted by Gasteiger charge is 2.41. The summed E-state index contributed by atoms with van der Waals surface area (Å²) in [5.41, 5.74) is 3.22. The van der Waals surface area contributed by atoms with Gasteiger partial charge in [0.05, 0.1) is 5.69 Å². The van der Waals surface area contributed by atoms with Crippen LogP contribution in [0.1, 0.15) is 44.1 Å². The van der Waals surface area contributed by atoms with Crippen molar-refractivity contribution < 1.29 is 4.79 Å². The van der Waals surface area contributed by atoms with Crippen LogP contribution in [0.15, 0.2) is 34.8 Å². The van der Waals surface area contributed by atoms with Gasteiger partial charge in [0.2, 0.25) is 0 Å². The first kappa shape index (κ1) is 21.2. The van der Waals surface area contributed by atoms with E-state index in [1.807, 2.05) is 39.0 Å². The number of piperidine rings is 3. The summed E-state index contributed by atoms with van der Waals surface area (Å²) >= 11 is 3.65. The Kier molecular flexibility index (Phi) is 6.39. The summed E-state index contributed by atoms with van der Waals surface area (Å²) in [6.07, 6.45) is 2.28. The number of nitrogens with one attached hydrogen (secondary N) is 2. The molecule has 3 aliphatic rings. The lowest BCUT2D eigenvalue weighted by Crippen LogP contribution is -2.57. The largest absolute Gasteiger partial charge is 0.337 e. The third kappa shape index (κ3) is 4.67. The van der Waals surface area contributed by atoms with Gasteiger partial charge in [-0.2, -0.15) is 0 Å². The number of fused-ring (bicyclic) bond motifs is 3. The van der Waals surface area contributed by atoms with Crippen molar-refractivity contribution >= 4 is 22.0 Å². The topological polar surface area (TPSA) is 70.2 Å². The third-order valence-corrected chi connectivity index (χ3v) is 6.88. The van der Waals surface area contributed by atoms with E-state index in [0.717, 1.165) is 46.8 Å². The predicted molar refractivity (Wildman–Crippen MR) is 122 cm³/mol. The van der Waals surface area contributed by atoms with Crippen LogP contribution in [0.4, 0.5) is 4.79 Å². The molecule has 6 nitrogen and oxygen atoms in total. The number of carbonyl (C=O) groups is 1. The van der Waals surface area contributed by atoms with E-state index in [-0.39, 0.29) is 12.1 Å². The van der Waals surface area contributed by atoms with Crippen molar-refractivity contribution in [3.8, 4) is 11.3 Å². The maximum Gasteiger partial charge on any atom is 0.315 e. The fourth-order valence-electron chi connectivity index (χ4n) is 4.80. The van der Waals surface area contributed by atoms with Crippen LogP contribution in [0, 0.1) is 12.8 Å². The van der Waals surface area contributed by atoms with Gasteiger partial charge in [0.15, 0.2) is 0 Å². The monoisotopic (exact) mass is 471 g/mol. The van der Waals surface area contributed by atoms with Crippen LogP contribution >= 0.6 is 15.9 Å². The smallest absolute Gasteiger partial charge is 0.315 e. The summed E-state index contributed by atoms with van der Waals surface area (Å²) in [5, 5.41) is 5.95. The molecule has 0 radical (unpaired) electrons. The number of carbonyl (C=O) groups excluding carboxylic acids is 1. The minimum atomic E-state index is -0.0753. The summed E-state index contributed by atoms with van der Waals surface area (Å²) in [6.45, 7) is 8.72. The Labute approximate surface area is 187 Å². The molecule has 4 heterocycles. The summed E-state index contributed by atoms with van der Waals surface area (Å²) < 4.78 is 1.05. The Hall–Kier alpha value is -1.99. The van der Waals surface area contributed by atoms with Crippen molar-refractivity contribution in [2.75, 3.05) is 19.6 Å². The van der Waals surface area contributed by atoms with Gasteiger partial charge in [-0.25, -0.2) is 14.8 Å². The van der Waals surface area contributed by atoms with E-state index in [1.165, 1.54) is 6.42 Å². The van der Waals surface area contributed by atoms with E-state index in [0.29, 0.717) is 24.4 Å². The van der Waals surface area contributed by atoms with Crippen molar-refractivity contribution in [3.05, 3.63) is 46.3 Å². The number of aryl methyl sites for hydroxylation is 1. The van der Waals surface area contributed by atoms with Gasteiger partial charge in [0.1, 0.15) is 5.82 Å². The molecule has 3 fully saturated rings. The molecule has 0 aliphatic carbocycles. The Morgan fingerprint density at radius 3 is 2.80 bits per heavy atom. The average Bonchev–Trinajstić information content (AvgIpc) is 2.72. The first-order chi connectivity index (χ1) is 14.4. The van der Waals surface area contributed by atoms with Crippen LogP contribution in [0.5, 0.6) is 0 Å². The Morgan fingerprint density at radius 1 is 1.30 bits per heavy atom. The maximum absolute atomic E-state index is 12.0. The number of amides is 2. The number of hydrogen-bond donors (Lipinski definition) is 2. The second-order valence-corrected chi connectivity index (χ2v) is 9.61. The second-order valence-electron chi connectivity index (χ2n) is 8.75. The van der Waals surface area contributed by atoms with E-state index in [9.17, 15) is 4.79 Å². The van der Waals surface area contributed by atoms with Gasteiger partial charge >= 0.3 is 6.03 Å². The average molecular weight is 472 g/mol. The van der Waals surface area contributed by atoms with E-state index in [1.54, 1.807) is 0 Å². The zero-order chi connectivity index (χ0) is 21.3. The molecule has 1 aromatic carbocycles. The van der Waals surface area contributed by atoms with Crippen LogP contribution in [0.2, 0.25) is 0 Å². The van der Waals surface area contributed by atoms with Crippen molar-refractivity contribution in [2.45, 2.75) is 51.6 Å². The molecular weight excluding hydrogens is 442 g/mol. The maximum atomic E-state index is 12.0. The van der Waals surface area contributed by atoms with Crippen molar-refractivity contribution in [1.82, 2.24) is 25.5 Å². The molecule has 2 N–H and O–H groups in total. The van der Waals surface area contributed by atoms with Crippen LogP contribution < -0.4 is 10.6 Å². The lowest BCUT2D eigenvalue weighted by atomic mass is 9.74. The third-order valence-electron chi connectivity index (χ3n) is 6.18. The molecule has 3 aliphatic heterocycles. The van der Waals surface area contributed by atoms with Crippen LogP contribution in [0.3, 0.4) is 0 Å². The van der Waals surface area contributed by atoms with E-state index < -0.39 is 0 Å². The molecular formula is C23H30BrN5O. The van der Waals surface area contributed by atoms with E-state index in [4.69, 9.17) is 9.97 Å². The van der Waals surface area contributed by atoms with Crippen molar-refractivity contribution in [1.29, 1.82) is 0 Å². The van der Waals surface area contributed by atoms with Gasteiger partial charge in [-0.1, -0.05) is 34.1 Å². The molecule has 30 heavy (non-hydrogen) atoms. The summed E-state index contributed by atoms with van der Waals surface area (Å²) in [7, 11) is 0. The lowest BCUT2D eigenvalue weighted by Gasteiger charge is -2.49. The highest BCUT2D eigenvalue weighted by atomic mass is 79.9. The summed E-state index contributed by atoms with van der Waals surface area (Å²) in [5.74, 6) is 1.83. The molecule has 0 saturated carbocycles. The van der Waals surface area contributed by atoms with Gasteiger partial charge in [0.25, 0.3) is 0 Å². The SMILES string of the molecule is Cc1nc(-c2ccccc2Br)cc([C@H]2CN3CC[C@H]2C[C@@H]3CNC(=O)NC(C)C)n1. The molecule has 4 atom stereocenters. The van der Waals surface area contributed by atoms with E-state index in [2.05, 4.69) is 43.6 Å².